The Labute approximate surface area is 170 Å². The highest BCUT2D eigenvalue weighted by Crippen LogP contribution is 2.16. The van der Waals surface area contributed by atoms with E-state index in [-0.39, 0.29) is 24.8 Å². The first-order valence-corrected chi connectivity index (χ1v) is 9.54. The summed E-state index contributed by atoms with van der Waals surface area (Å²) in [6.45, 7) is 7.53. The zero-order valence-electron chi connectivity index (χ0n) is 16.6. The molecule has 2 aromatic carbocycles. The molecule has 4 nitrogen and oxygen atoms in total. The Morgan fingerprint density at radius 3 is 2.29 bits per heavy atom. The predicted molar refractivity (Wildman–Crippen MR) is 109 cm³/mol. The van der Waals surface area contributed by atoms with Crippen LogP contribution < -0.4 is 5.32 Å². The SMILES string of the molecule is C[C@H](C(=O)NC(C)(C)C)N(Cc1ccc(Cl)cc1)C(=O)Cc1ccccc1F. The molecule has 2 amide bonds. The van der Waals surface area contributed by atoms with Crippen LogP contribution in [0.25, 0.3) is 0 Å². The Morgan fingerprint density at radius 1 is 1.11 bits per heavy atom. The van der Waals surface area contributed by atoms with Gasteiger partial charge in [-0.05, 0) is 57.0 Å². The number of carbonyl (C=O) groups is 2. The lowest BCUT2D eigenvalue weighted by Crippen LogP contribution is -2.52. The van der Waals surface area contributed by atoms with E-state index in [9.17, 15) is 14.0 Å². The third kappa shape index (κ3) is 6.34. The van der Waals surface area contributed by atoms with Crippen LogP contribution in [-0.4, -0.2) is 28.3 Å². The van der Waals surface area contributed by atoms with Gasteiger partial charge in [-0.25, -0.2) is 4.39 Å². The van der Waals surface area contributed by atoms with Crippen molar-refractivity contribution in [2.45, 2.75) is 52.2 Å². The third-order valence-electron chi connectivity index (χ3n) is 4.23. The standard InChI is InChI=1S/C22H26ClFN2O2/c1-15(21(28)25-22(2,3)4)26(14-16-9-11-18(23)12-10-16)20(27)13-17-7-5-6-8-19(17)24/h5-12,15H,13-14H2,1-4H3,(H,25,28)/t15-/m1/s1. The maximum absolute atomic E-state index is 14.0. The van der Waals surface area contributed by atoms with Crippen molar-refractivity contribution in [1.29, 1.82) is 0 Å². The summed E-state index contributed by atoms with van der Waals surface area (Å²) in [7, 11) is 0. The number of benzene rings is 2. The lowest BCUT2D eigenvalue weighted by atomic mass is 10.1. The first-order chi connectivity index (χ1) is 13.1. The molecular formula is C22H26ClFN2O2. The van der Waals surface area contributed by atoms with E-state index in [1.807, 2.05) is 20.8 Å². The molecule has 0 fully saturated rings. The molecule has 150 valence electrons. The lowest BCUT2D eigenvalue weighted by Gasteiger charge is -2.31. The molecule has 2 rings (SSSR count). The molecule has 0 heterocycles. The van der Waals surface area contributed by atoms with Gasteiger partial charge in [-0.15, -0.1) is 0 Å². The van der Waals surface area contributed by atoms with Crippen LogP contribution in [0.5, 0.6) is 0 Å². The Morgan fingerprint density at radius 2 is 1.71 bits per heavy atom. The van der Waals surface area contributed by atoms with Crippen LogP contribution >= 0.6 is 11.6 Å². The molecule has 1 N–H and O–H groups in total. The fourth-order valence-corrected chi connectivity index (χ4v) is 2.88. The van der Waals surface area contributed by atoms with E-state index in [4.69, 9.17) is 11.6 Å². The highest BCUT2D eigenvalue weighted by Gasteiger charge is 2.28. The zero-order chi connectivity index (χ0) is 20.9. The van der Waals surface area contributed by atoms with Gasteiger partial charge in [-0.1, -0.05) is 41.9 Å². The molecule has 0 aliphatic carbocycles. The predicted octanol–water partition coefficient (Wildman–Crippen LogP) is 4.35. The number of rotatable bonds is 6. The molecule has 0 saturated carbocycles. The lowest BCUT2D eigenvalue weighted by molar-refractivity contribution is -0.140. The van der Waals surface area contributed by atoms with Crippen LogP contribution in [0, 0.1) is 5.82 Å². The van der Waals surface area contributed by atoms with Gasteiger partial charge in [0.25, 0.3) is 0 Å². The number of halogens is 2. The van der Waals surface area contributed by atoms with Crippen molar-refractivity contribution >= 4 is 23.4 Å². The molecule has 0 unspecified atom stereocenters. The average molecular weight is 405 g/mol. The van der Waals surface area contributed by atoms with Gasteiger partial charge in [-0.2, -0.15) is 0 Å². The number of amides is 2. The van der Waals surface area contributed by atoms with Gasteiger partial charge in [0.1, 0.15) is 11.9 Å². The Kier molecular flexibility index (Phi) is 7.19. The van der Waals surface area contributed by atoms with Crippen molar-refractivity contribution < 1.29 is 14.0 Å². The van der Waals surface area contributed by atoms with Crippen molar-refractivity contribution in [2.24, 2.45) is 0 Å². The van der Waals surface area contributed by atoms with Crippen LogP contribution in [0.4, 0.5) is 4.39 Å². The highest BCUT2D eigenvalue weighted by atomic mass is 35.5. The van der Waals surface area contributed by atoms with Gasteiger partial charge in [0, 0.05) is 17.1 Å². The second-order valence-corrected chi connectivity index (χ2v) is 8.27. The van der Waals surface area contributed by atoms with Crippen molar-refractivity contribution in [3.05, 3.63) is 70.5 Å². The summed E-state index contributed by atoms with van der Waals surface area (Å²) in [5.74, 6) is -1.02. The van der Waals surface area contributed by atoms with Crippen molar-refractivity contribution in [2.75, 3.05) is 0 Å². The van der Waals surface area contributed by atoms with E-state index >= 15 is 0 Å². The number of hydrogen-bond donors (Lipinski definition) is 1. The van der Waals surface area contributed by atoms with Crippen LogP contribution in [0.1, 0.15) is 38.8 Å². The number of nitrogens with one attached hydrogen (secondary N) is 1. The van der Waals surface area contributed by atoms with E-state index in [0.717, 1.165) is 5.56 Å². The monoisotopic (exact) mass is 404 g/mol. The number of hydrogen-bond acceptors (Lipinski definition) is 2. The maximum Gasteiger partial charge on any atom is 0.242 e. The first kappa shape index (κ1) is 21.9. The van der Waals surface area contributed by atoms with Gasteiger partial charge in [0.05, 0.1) is 6.42 Å². The minimum Gasteiger partial charge on any atom is -0.350 e. The molecule has 2 aromatic rings. The van der Waals surface area contributed by atoms with Gasteiger partial charge in [0.2, 0.25) is 11.8 Å². The quantitative estimate of drug-likeness (QED) is 0.777. The van der Waals surface area contributed by atoms with Gasteiger partial charge in [-0.3, -0.25) is 9.59 Å². The highest BCUT2D eigenvalue weighted by molar-refractivity contribution is 6.30. The van der Waals surface area contributed by atoms with E-state index in [1.54, 1.807) is 49.4 Å². The Balaban J connectivity index is 2.26. The second-order valence-electron chi connectivity index (χ2n) is 7.83. The van der Waals surface area contributed by atoms with Gasteiger partial charge >= 0.3 is 0 Å². The van der Waals surface area contributed by atoms with E-state index in [1.165, 1.54) is 11.0 Å². The zero-order valence-corrected chi connectivity index (χ0v) is 17.4. The largest absolute Gasteiger partial charge is 0.350 e. The van der Waals surface area contributed by atoms with Crippen LogP contribution in [0.2, 0.25) is 5.02 Å². The summed E-state index contributed by atoms with van der Waals surface area (Å²) in [6, 6.07) is 12.5. The third-order valence-corrected chi connectivity index (χ3v) is 4.48. The average Bonchev–Trinajstić information content (AvgIpc) is 2.61. The van der Waals surface area contributed by atoms with E-state index in [0.29, 0.717) is 10.6 Å². The normalized spacial score (nSPS) is 12.4. The minimum absolute atomic E-state index is 0.118. The summed E-state index contributed by atoms with van der Waals surface area (Å²) >= 11 is 5.93. The molecule has 6 heteroatoms. The molecule has 0 aliphatic rings. The molecular weight excluding hydrogens is 379 g/mol. The summed E-state index contributed by atoms with van der Waals surface area (Å²) in [6.07, 6.45) is -0.118. The smallest absolute Gasteiger partial charge is 0.242 e. The second kappa shape index (κ2) is 9.20. The topological polar surface area (TPSA) is 49.4 Å². The fourth-order valence-electron chi connectivity index (χ4n) is 2.75. The van der Waals surface area contributed by atoms with Crippen molar-refractivity contribution in [3.8, 4) is 0 Å². The van der Waals surface area contributed by atoms with Crippen molar-refractivity contribution in [3.63, 3.8) is 0 Å². The molecule has 0 aliphatic heterocycles. The number of carbonyl (C=O) groups excluding carboxylic acids is 2. The van der Waals surface area contributed by atoms with Crippen molar-refractivity contribution in [1.82, 2.24) is 10.2 Å². The minimum atomic E-state index is -0.714. The Hall–Kier alpha value is -2.40. The van der Waals surface area contributed by atoms with E-state index in [2.05, 4.69) is 5.32 Å². The maximum atomic E-state index is 14.0. The molecule has 0 saturated heterocycles. The molecule has 1 atom stereocenters. The molecule has 0 bridgehead atoms. The van der Waals surface area contributed by atoms with Crippen LogP contribution in [-0.2, 0) is 22.6 Å². The summed E-state index contributed by atoms with van der Waals surface area (Å²) in [5.41, 5.74) is 0.713. The summed E-state index contributed by atoms with van der Waals surface area (Å²) < 4.78 is 14.0. The fraction of sp³-hybridized carbons (Fsp3) is 0.364. The molecule has 0 aromatic heterocycles. The van der Waals surface area contributed by atoms with Crippen LogP contribution in [0.3, 0.4) is 0 Å². The van der Waals surface area contributed by atoms with Gasteiger partial charge < -0.3 is 10.2 Å². The Bertz CT molecular complexity index is 831. The summed E-state index contributed by atoms with van der Waals surface area (Å²) in [5, 5.41) is 3.49. The molecule has 0 radical (unpaired) electrons. The molecule has 28 heavy (non-hydrogen) atoms. The summed E-state index contributed by atoms with van der Waals surface area (Å²) in [4.78, 5) is 27.1. The van der Waals surface area contributed by atoms with E-state index < -0.39 is 17.4 Å². The number of nitrogens with zero attached hydrogens (tertiary/aromatic N) is 1. The van der Waals surface area contributed by atoms with Gasteiger partial charge in [0.15, 0.2) is 0 Å². The first-order valence-electron chi connectivity index (χ1n) is 9.16. The van der Waals surface area contributed by atoms with Crippen LogP contribution in [0.15, 0.2) is 48.5 Å². The molecule has 0 spiro atoms.